The zero-order chi connectivity index (χ0) is 37.6. The van der Waals surface area contributed by atoms with E-state index in [1.165, 1.54) is 18.2 Å². The van der Waals surface area contributed by atoms with Crippen LogP contribution in [-0.4, -0.2) is 70.1 Å². The number of aliphatic imine (C=N–C) groups is 1. The number of amides is 1. The van der Waals surface area contributed by atoms with Crippen molar-refractivity contribution in [2.75, 3.05) is 24.6 Å². The molecule has 13 heteroatoms. The molecule has 3 aliphatic rings. The Labute approximate surface area is 316 Å². The highest BCUT2D eigenvalue weighted by Crippen LogP contribution is 2.41. The van der Waals surface area contributed by atoms with Gasteiger partial charge in [-0.15, -0.1) is 11.3 Å². The maximum atomic E-state index is 12.6. The Morgan fingerprint density at radius 3 is 2.51 bits per heavy atom. The number of fused-ring (bicyclic) bond motifs is 1. The molecule has 1 atom stereocenters. The summed E-state index contributed by atoms with van der Waals surface area (Å²) >= 11 is 1.59. The molecule has 1 unspecified atom stereocenters. The lowest BCUT2D eigenvalue weighted by Crippen LogP contribution is -2.40. The molecule has 1 aliphatic heterocycles. The summed E-state index contributed by atoms with van der Waals surface area (Å²) in [6.07, 6.45) is 15.2. The monoisotopic (exact) mass is 739 g/mol. The highest BCUT2D eigenvalue weighted by molar-refractivity contribution is 7.17. The first-order valence-electron chi connectivity index (χ1n) is 18.7. The van der Waals surface area contributed by atoms with Gasteiger partial charge < -0.3 is 31.2 Å². The van der Waals surface area contributed by atoms with Gasteiger partial charge in [0, 0.05) is 35.1 Å². The largest absolute Gasteiger partial charge is 0.449 e. The number of hydrogen-bond acceptors (Lipinski definition) is 11. The second-order valence-electron chi connectivity index (χ2n) is 14.7. The highest BCUT2D eigenvalue weighted by atomic mass is 32.1. The number of aryl methyl sites for hydroxylation is 1. The minimum atomic E-state index is -0.566. The second kappa shape index (κ2) is 16.9. The molecule has 0 bridgehead atoms. The molecule has 2 fully saturated rings. The molecule has 1 aromatic carbocycles. The summed E-state index contributed by atoms with van der Waals surface area (Å²) in [5.41, 5.74) is 17.8. The molecule has 0 radical (unpaired) electrons. The third-order valence-electron chi connectivity index (χ3n) is 10.8. The zero-order valence-electron chi connectivity index (χ0n) is 31.0. The van der Waals surface area contributed by atoms with Gasteiger partial charge in [-0.25, -0.2) is 4.98 Å². The van der Waals surface area contributed by atoms with Gasteiger partial charge in [0.05, 0.1) is 36.5 Å². The minimum absolute atomic E-state index is 0.0176. The van der Waals surface area contributed by atoms with Crippen molar-refractivity contribution >= 4 is 39.6 Å². The number of aliphatic hydroxyl groups excluding tert-OH is 1. The minimum Gasteiger partial charge on any atom is -0.449 e. The van der Waals surface area contributed by atoms with Crippen LogP contribution in [0.4, 0.5) is 5.00 Å². The average Bonchev–Trinajstić information content (AvgIpc) is 3.72. The van der Waals surface area contributed by atoms with Crippen LogP contribution in [0, 0.1) is 36.5 Å². The number of oxazole rings is 1. The topological polar surface area (TPSA) is 194 Å². The maximum Gasteiger partial charge on any atom is 0.267 e. The van der Waals surface area contributed by atoms with Crippen LogP contribution >= 0.6 is 11.3 Å². The number of hydrogen-bond donors (Lipinski definition) is 6. The van der Waals surface area contributed by atoms with E-state index >= 15 is 0 Å². The summed E-state index contributed by atoms with van der Waals surface area (Å²) in [7, 11) is 0. The Kier molecular flexibility index (Phi) is 12.1. The number of nitrogens with two attached hydrogens (primary N) is 2. The quantitative estimate of drug-likeness (QED) is 0.0568. The highest BCUT2D eigenvalue weighted by Gasteiger charge is 2.35. The molecule has 2 saturated carbocycles. The van der Waals surface area contributed by atoms with Gasteiger partial charge >= 0.3 is 0 Å². The molecule has 3 heterocycles. The molecule has 1 amide bonds. The lowest BCUT2D eigenvalue weighted by molar-refractivity contribution is -0.118. The SMILES string of the molecule is CC(=N)N1C(=N)C(Cc2ncco2)N=C(c2ccc(CC3CC(CN(CCO)/C(N)=C/C=C(\N)C(=O)NC4CCCCC4)C3)cc2)c2c1sc(C)c2C. The fourth-order valence-electron chi connectivity index (χ4n) is 7.75. The molecule has 0 saturated heterocycles. The summed E-state index contributed by atoms with van der Waals surface area (Å²) in [5.74, 6) is 2.24. The lowest BCUT2D eigenvalue weighted by Gasteiger charge is -2.39. The first kappa shape index (κ1) is 38.0. The van der Waals surface area contributed by atoms with Gasteiger partial charge in [-0.3, -0.25) is 25.5 Å². The first-order chi connectivity index (χ1) is 25.5. The zero-order valence-corrected chi connectivity index (χ0v) is 31.8. The van der Waals surface area contributed by atoms with E-state index in [0.29, 0.717) is 36.5 Å². The Hall–Kier alpha value is -4.75. The molecule has 53 heavy (non-hydrogen) atoms. The Morgan fingerprint density at radius 1 is 1.11 bits per heavy atom. The summed E-state index contributed by atoms with van der Waals surface area (Å²) in [5, 5.41) is 31.4. The predicted octanol–water partition coefficient (Wildman–Crippen LogP) is 5.55. The summed E-state index contributed by atoms with van der Waals surface area (Å²) in [6, 6.07) is 8.23. The van der Waals surface area contributed by atoms with Gasteiger partial charge in [-0.05, 0) is 88.0 Å². The van der Waals surface area contributed by atoms with Crippen molar-refractivity contribution in [1.82, 2.24) is 15.2 Å². The van der Waals surface area contributed by atoms with Crippen molar-refractivity contribution in [3.05, 3.63) is 93.4 Å². The second-order valence-corrected chi connectivity index (χ2v) is 15.9. The predicted molar refractivity (Wildman–Crippen MR) is 212 cm³/mol. The number of nitrogens with zero attached hydrogens (tertiary/aromatic N) is 4. The van der Waals surface area contributed by atoms with Crippen molar-refractivity contribution < 1.29 is 14.3 Å². The van der Waals surface area contributed by atoms with Crippen LogP contribution in [0.3, 0.4) is 0 Å². The van der Waals surface area contributed by atoms with Crippen molar-refractivity contribution in [2.24, 2.45) is 28.3 Å². The van der Waals surface area contributed by atoms with Gasteiger partial charge in [0.25, 0.3) is 5.91 Å². The molecular formula is C40H53N9O3S. The summed E-state index contributed by atoms with van der Waals surface area (Å²) in [6.45, 7) is 7.00. The van der Waals surface area contributed by atoms with E-state index in [9.17, 15) is 9.90 Å². The number of aliphatic hydroxyl groups is 1. The van der Waals surface area contributed by atoms with Crippen LogP contribution < -0.4 is 21.7 Å². The number of amidine groups is 2. The molecule has 2 aliphatic carbocycles. The Morgan fingerprint density at radius 2 is 1.85 bits per heavy atom. The molecule has 2 aromatic heterocycles. The van der Waals surface area contributed by atoms with E-state index in [4.69, 9.17) is 31.7 Å². The number of anilines is 1. The number of rotatable bonds is 13. The van der Waals surface area contributed by atoms with Gasteiger partial charge in [0.15, 0.2) is 5.89 Å². The standard InChI is InChI=1S/C40H53N9O3S/c1-24-25(2)53-40-36(24)37(47-33(22-35-45-15-18-52-35)38(44)49(40)26(3)41)30-11-9-27(10-12-30)19-28-20-29(21-28)23-48(16-17-50)34(43)14-13-32(42)39(51)46-31-7-5-4-6-8-31/h9-15,18,28-29,31,33,41,44,50H,4-8,16-17,19-23,42-43H2,1-3H3,(H,46,51)/b32-13-,34-14+,41-26?,44-38?. The number of allylic oxidation sites excluding steroid dienone is 2. The number of benzene rings is 1. The summed E-state index contributed by atoms with van der Waals surface area (Å²) < 4.78 is 5.54. The molecule has 282 valence electrons. The van der Waals surface area contributed by atoms with Crippen LogP contribution in [0.5, 0.6) is 0 Å². The number of nitrogens with one attached hydrogen (secondary N) is 3. The van der Waals surface area contributed by atoms with E-state index in [-0.39, 0.29) is 35.9 Å². The van der Waals surface area contributed by atoms with Crippen LogP contribution in [-0.2, 0) is 17.6 Å². The third-order valence-corrected chi connectivity index (χ3v) is 12.0. The number of thiophene rings is 1. The van der Waals surface area contributed by atoms with E-state index in [1.807, 2.05) is 4.90 Å². The van der Waals surface area contributed by atoms with Gasteiger partial charge in [-0.2, -0.15) is 0 Å². The molecule has 3 aromatic rings. The molecule has 0 spiro atoms. The van der Waals surface area contributed by atoms with Gasteiger partial charge in [0.2, 0.25) is 0 Å². The maximum absolute atomic E-state index is 12.6. The first-order valence-corrected chi connectivity index (χ1v) is 19.5. The third kappa shape index (κ3) is 8.90. The smallest absolute Gasteiger partial charge is 0.267 e. The van der Waals surface area contributed by atoms with Crippen LogP contribution in [0.2, 0.25) is 0 Å². The van der Waals surface area contributed by atoms with Gasteiger partial charge in [-0.1, -0.05) is 43.5 Å². The van der Waals surface area contributed by atoms with Crippen molar-refractivity contribution in [2.45, 2.75) is 90.6 Å². The van der Waals surface area contributed by atoms with E-state index in [1.54, 1.807) is 41.5 Å². The van der Waals surface area contributed by atoms with Crippen LogP contribution in [0.25, 0.3) is 0 Å². The molecule has 8 N–H and O–H groups in total. The fraction of sp³-hybridized carbons (Fsp3) is 0.475. The average molecular weight is 740 g/mol. The number of carbonyl (C=O) groups excluding carboxylic acids is 1. The van der Waals surface area contributed by atoms with Gasteiger partial charge in [0.1, 0.15) is 29.0 Å². The molecule has 6 rings (SSSR count). The van der Waals surface area contributed by atoms with E-state index in [2.05, 4.69) is 48.4 Å². The molecule has 12 nitrogen and oxygen atoms in total. The Balaban J connectivity index is 1.10. The summed E-state index contributed by atoms with van der Waals surface area (Å²) in [4.78, 5) is 26.9. The number of aromatic nitrogens is 1. The molecular weight excluding hydrogens is 687 g/mol. The lowest BCUT2D eigenvalue weighted by atomic mass is 9.72. The van der Waals surface area contributed by atoms with Crippen LogP contribution in [0.1, 0.15) is 84.9 Å². The van der Waals surface area contributed by atoms with E-state index in [0.717, 1.165) is 83.8 Å². The van der Waals surface area contributed by atoms with Crippen molar-refractivity contribution in [3.63, 3.8) is 0 Å². The fourth-order valence-corrected chi connectivity index (χ4v) is 8.97. The van der Waals surface area contributed by atoms with Crippen molar-refractivity contribution in [3.8, 4) is 0 Å². The van der Waals surface area contributed by atoms with E-state index < -0.39 is 6.04 Å². The van der Waals surface area contributed by atoms with Crippen LogP contribution in [0.15, 0.2) is 69.8 Å². The number of carbonyl (C=O) groups is 1. The van der Waals surface area contributed by atoms with Crippen molar-refractivity contribution in [1.29, 1.82) is 10.8 Å². The normalized spacial score (nSPS) is 21.1. The Bertz CT molecular complexity index is 1870.